The second-order valence-corrected chi connectivity index (χ2v) is 3.48. The maximum Gasteiger partial charge on any atom is 0.149 e. The minimum atomic E-state index is -0.249. The summed E-state index contributed by atoms with van der Waals surface area (Å²) in [5.41, 5.74) is 0. The summed E-state index contributed by atoms with van der Waals surface area (Å²) >= 11 is 5.70. The Hall–Kier alpha value is -0.870. The zero-order chi connectivity index (χ0) is 9.26. The van der Waals surface area contributed by atoms with Crippen molar-refractivity contribution in [1.29, 1.82) is 0 Å². The van der Waals surface area contributed by atoms with Gasteiger partial charge < -0.3 is 10.0 Å². The van der Waals surface area contributed by atoms with Crippen LogP contribution in [0, 0.1) is 0 Å². The molecule has 2 heterocycles. The SMILES string of the molecule is OC1CCN(c2cncc(Cl)n2)C1. The van der Waals surface area contributed by atoms with Gasteiger partial charge in [0.15, 0.2) is 0 Å². The molecule has 0 saturated carbocycles. The highest BCUT2D eigenvalue weighted by Crippen LogP contribution is 2.18. The molecule has 1 saturated heterocycles. The molecule has 1 aliphatic rings. The van der Waals surface area contributed by atoms with Gasteiger partial charge in [-0.1, -0.05) is 11.6 Å². The van der Waals surface area contributed by atoms with Crippen molar-refractivity contribution in [3.8, 4) is 0 Å². The summed E-state index contributed by atoms with van der Waals surface area (Å²) in [4.78, 5) is 10.0. The molecule has 70 valence electrons. The van der Waals surface area contributed by atoms with Crippen LogP contribution in [0.4, 0.5) is 5.82 Å². The van der Waals surface area contributed by atoms with Crippen LogP contribution in [-0.2, 0) is 0 Å². The lowest BCUT2D eigenvalue weighted by Gasteiger charge is -2.15. The van der Waals surface area contributed by atoms with Gasteiger partial charge in [-0.3, -0.25) is 4.98 Å². The Morgan fingerprint density at radius 3 is 3.00 bits per heavy atom. The van der Waals surface area contributed by atoms with E-state index in [1.54, 1.807) is 6.20 Å². The number of rotatable bonds is 1. The van der Waals surface area contributed by atoms with Crippen LogP contribution in [0.1, 0.15) is 6.42 Å². The summed E-state index contributed by atoms with van der Waals surface area (Å²) in [7, 11) is 0. The fourth-order valence-electron chi connectivity index (χ4n) is 1.43. The number of β-amino-alcohol motifs (C(OH)–C–C–N with tert-alkyl or cyclic N) is 1. The molecule has 1 fully saturated rings. The minimum Gasteiger partial charge on any atom is -0.391 e. The Morgan fingerprint density at radius 1 is 1.54 bits per heavy atom. The molecule has 1 aliphatic heterocycles. The van der Waals surface area contributed by atoms with Crippen molar-refractivity contribution in [2.75, 3.05) is 18.0 Å². The van der Waals surface area contributed by atoms with Crippen LogP contribution in [0.25, 0.3) is 0 Å². The highest BCUT2D eigenvalue weighted by atomic mass is 35.5. The Labute approximate surface area is 81.2 Å². The van der Waals surface area contributed by atoms with Crippen molar-refractivity contribution in [2.24, 2.45) is 0 Å². The molecule has 4 nitrogen and oxygen atoms in total. The molecular formula is C8H10ClN3O. The number of halogens is 1. The van der Waals surface area contributed by atoms with Gasteiger partial charge in [-0.2, -0.15) is 0 Å². The molecule has 0 aromatic carbocycles. The number of aliphatic hydroxyl groups is 1. The van der Waals surface area contributed by atoms with Gasteiger partial charge in [0, 0.05) is 13.1 Å². The molecule has 1 aromatic rings. The first-order chi connectivity index (χ1) is 6.25. The molecular weight excluding hydrogens is 190 g/mol. The van der Waals surface area contributed by atoms with Crippen LogP contribution in [0.5, 0.6) is 0 Å². The van der Waals surface area contributed by atoms with Crippen molar-refractivity contribution < 1.29 is 5.11 Å². The zero-order valence-corrected chi connectivity index (χ0v) is 7.78. The van der Waals surface area contributed by atoms with Crippen LogP contribution >= 0.6 is 11.6 Å². The molecule has 0 radical (unpaired) electrons. The van der Waals surface area contributed by atoms with Gasteiger partial charge in [0.05, 0.1) is 18.5 Å². The van der Waals surface area contributed by atoms with E-state index in [-0.39, 0.29) is 6.10 Å². The second kappa shape index (κ2) is 3.47. The Bertz CT molecular complexity index is 307. The van der Waals surface area contributed by atoms with Crippen LogP contribution in [0.15, 0.2) is 12.4 Å². The fourth-order valence-corrected chi connectivity index (χ4v) is 1.58. The van der Waals surface area contributed by atoms with E-state index in [2.05, 4.69) is 9.97 Å². The van der Waals surface area contributed by atoms with E-state index in [0.29, 0.717) is 11.7 Å². The van der Waals surface area contributed by atoms with Gasteiger partial charge in [-0.25, -0.2) is 4.98 Å². The molecule has 1 aromatic heterocycles. The normalized spacial score (nSPS) is 22.3. The standard InChI is InChI=1S/C8H10ClN3O/c9-7-3-10-4-8(11-7)12-2-1-6(13)5-12/h3-4,6,13H,1-2,5H2. The molecule has 13 heavy (non-hydrogen) atoms. The second-order valence-electron chi connectivity index (χ2n) is 3.09. The van der Waals surface area contributed by atoms with E-state index in [0.717, 1.165) is 18.8 Å². The van der Waals surface area contributed by atoms with E-state index in [4.69, 9.17) is 11.6 Å². The predicted molar refractivity (Wildman–Crippen MR) is 49.9 cm³/mol. The summed E-state index contributed by atoms with van der Waals surface area (Å²) < 4.78 is 0. The first-order valence-corrected chi connectivity index (χ1v) is 4.54. The first-order valence-electron chi connectivity index (χ1n) is 4.16. The van der Waals surface area contributed by atoms with Crippen molar-refractivity contribution in [2.45, 2.75) is 12.5 Å². The monoisotopic (exact) mass is 199 g/mol. The Kier molecular flexibility index (Phi) is 2.33. The first kappa shape index (κ1) is 8.72. The smallest absolute Gasteiger partial charge is 0.149 e. The number of hydrogen-bond donors (Lipinski definition) is 1. The van der Waals surface area contributed by atoms with Crippen LogP contribution in [0.3, 0.4) is 0 Å². The molecule has 0 bridgehead atoms. The molecule has 1 N–H and O–H groups in total. The number of anilines is 1. The molecule has 0 amide bonds. The zero-order valence-electron chi connectivity index (χ0n) is 7.02. The summed E-state index contributed by atoms with van der Waals surface area (Å²) in [6.45, 7) is 1.44. The highest BCUT2D eigenvalue weighted by molar-refractivity contribution is 6.29. The van der Waals surface area contributed by atoms with E-state index < -0.39 is 0 Å². The lowest BCUT2D eigenvalue weighted by atomic mass is 10.3. The molecule has 0 aliphatic carbocycles. The fraction of sp³-hybridized carbons (Fsp3) is 0.500. The minimum absolute atomic E-state index is 0.249. The van der Waals surface area contributed by atoms with E-state index in [1.807, 2.05) is 4.90 Å². The summed E-state index contributed by atoms with van der Waals surface area (Å²) in [6.07, 6.45) is 3.69. The molecule has 2 rings (SSSR count). The van der Waals surface area contributed by atoms with Crippen molar-refractivity contribution in [3.05, 3.63) is 17.5 Å². The lowest BCUT2D eigenvalue weighted by Crippen LogP contribution is -2.22. The predicted octanol–water partition coefficient (Wildman–Crippen LogP) is 0.701. The maximum atomic E-state index is 9.31. The van der Waals surface area contributed by atoms with Gasteiger partial charge in [0.1, 0.15) is 11.0 Å². The van der Waals surface area contributed by atoms with E-state index >= 15 is 0 Å². The summed E-state index contributed by atoms with van der Waals surface area (Å²) in [6, 6.07) is 0. The number of aromatic nitrogens is 2. The number of nitrogens with zero attached hydrogens (tertiary/aromatic N) is 3. The van der Waals surface area contributed by atoms with Gasteiger partial charge in [-0.15, -0.1) is 0 Å². The third-order valence-electron chi connectivity index (χ3n) is 2.08. The van der Waals surface area contributed by atoms with Crippen molar-refractivity contribution in [3.63, 3.8) is 0 Å². The average molecular weight is 200 g/mol. The van der Waals surface area contributed by atoms with E-state index in [9.17, 15) is 5.11 Å². The Morgan fingerprint density at radius 2 is 2.38 bits per heavy atom. The van der Waals surface area contributed by atoms with Crippen molar-refractivity contribution in [1.82, 2.24) is 9.97 Å². The van der Waals surface area contributed by atoms with E-state index in [1.165, 1.54) is 6.20 Å². The number of hydrogen-bond acceptors (Lipinski definition) is 4. The topological polar surface area (TPSA) is 49.2 Å². The third-order valence-corrected chi connectivity index (χ3v) is 2.26. The van der Waals surface area contributed by atoms with Gasteiger partial charge in [-0.05, 0) is 6.42 Å². The molecule has 1 unspecified atom stereocenters. The van der Waals surface area contributed by atoms with Crippen LogP contribution in [-0.4, -0.2) is 34.3 Å². The quantitative estimate of drug-likeness (QED) is 0.724. The van der Waals surface area contributed by atoms with Gasteiger partial charge >= 0.3 is 0 Å². The summed E-state index contributed by atoms with van der Waals surface area (Å²) in [5, 5.41) is 9.70. The molecule has 0 spiro atoms. The van der Waals surface area contributed by atoms with Gasteiger partial charge in [0.2, 0.25) is 0 Å². The molecule has 1 atom stereocenters. The number of aliphatic hydroxyl groups excluding tert-OH is 1. The maximum absolute atomic E-state index is 9.31. The largest absolute Gasteiger partial charge is 0.391 e. The molecule has 5 heteroatoms. The van der Waals surface area contributed by atoms with Crippen LogP contribution < -0.4 is 4.90 Å². The summed E-state index contributed by atoms with van der Waals surface area (Å²) in [5.74, 6) is 0.740. The lowest BCUT2D eigenvalue weighted by molar-refractivity contribution is 0.198. The third kappa shape index (κ3) is 1.89. The van der Waals surface area contributed by atoms with Gasteiger partial charge in [0.25, 0.3) is 0 Å². The van der Waals surface area contributed by atoms with Crippen LogP contribution in [0.2, 0.25) is 5.15 Å². The Balaban J connectivity index is 2.16. The highest BCUT2D eigenvalue weighted by Gasteiger charge is 2.21. The van der Waals surface area contributed by atoms with Crippen molar-refractivity contribution >= 4 is 17.4 Å². The average Bonchev–Trinajstić information content (AvgIpc) is 2.52.